The lowest BCUT2D eigenvalue weighted by atomic mass is 9.77. The Morgan fingerprint density at radius 2 is 1.93 bits per heavy atom. The molecular weight excluding hydrogens is 517 g/mol. The van der Waals surface area contributed by atoms with Crippen LogP contribution in [-0.2, 0) is 19.8 Å². The van der Waals surface area contributed by atoms with Crippen molar-refractivity contribution in [3.05, 3.63) is 82.1 Å². The Morgan fingerprint density at radius 3 is 2.60 bits per heavy atom. The number of likely N-dealkylation sites (tertiary alicyclic amines) is 1. The number of alkyl halides is 3. The highest BCUT2D eigenvalue weighted by molar-refractivity contribution is 5.58. The van der Waals surface area contributed by atoms with Crippen molar-refractivity contribution in [1.82, 2.24) is 28.6 Å². The molecule has 0 unspecified atom stereocenters. The van der Waals surface area contributed by atoms with Crippen LogP contribution in [0.5, 0.6) is 0 Å². The number of imidazole rings is 1. The molecule has 0 N–H and O–H groups in total. The van der Waals surface area contributed by atoms with Gasteiger partial charge in [0.25, 0.3) is 0 Å². The number of hydrogen-bond donors (Lipinski definition) is 0. The molecule has 1 saturated heterocycles. The summed E-state index contributed by atoms with van der Waals surface area (Å²) < 4.78 is 47.2. The van der Waals surface area contributed by atoms with E-state index in [2.05, 4.69) is 22.0 Å². The maximum absolute atomic E-state index is 14.3. The molecule has 1 aromatic carbocycles. The fourth-order valence-electron chi connectivity index (χ4n) is 6.38. The molecular formula is C30H35F3N6O. The average molecular weight is 553 g/mol. The van der Waals surface area contributed by atoms with Crippen LogP contribution < -0.4 is 5.69 Å². The van der Waals surface area contributed by atoms with Crippen molar-refractivity contribution >= 4 is 5.52 Å². The number of fused-ring (bicyclic) bond motifs is 1. The summed E-state index contributed by atoms with van der Waals surface area (Å²) in [5.41, 5.74) is 0.554. The van der Waals surface area contributed by atoms with E-state index in [1.807, 2.05) is 29.8 Å². The van der Waals surface area contributed by atoms with Gasteiger partial charge in [0.1, 0.15) is 12.2 Å². The highest BCUT2D eigenvalue weighted by atomic mass is 19.4. The molecule has 0 radical (unpaired) electrons. The maximum Gasteiger partial charge on any atom is 0.418 e. The van der Waals surface area contributed by atoms with Gasteiger partial charge in [-0.1, -0.05) is 38.3 Å². The van der Waals surface area contributed by atoms with Crippen LogP contribution in [0, 0.1) is 11.8 Å². The molecule has 40 heavy (non-hydrogen) atoms. The van der Waals surface area contributed by atoms with Crippen LogP contribution in [0.1, 0.15) is 73.9 Å². The molecule has 0 spiro atoms. The summed E-state index contributed by atoms with van der Waals surface area (Å²) in [5.74, 6) is 1.93. The first-order valence-corrected chi connectivity index (χ1v) is 14.2. The number of rotatable bonds is 7. The van der Waals surface area contributed by atoms with Crippen LogP contribution in [0.15, 0.2) is 53.8 Å². The number of aromatic nitrogens is 5. The Labute approximate surface area is 231 Å². The van der Waals surface area contributed by atoms with Crippen molar-refractivity contribution in [2.75, 3.05) is 13.1 Å². The zero-order valence-corrected chi connectivity index (χ0v) is 22.9. The Hall–Kier alpha value is -3.40. The first kappa shape index (κ1) is 26.8. The molecule has 1 saturated carbocycles. The zero-order valence-electron chi connectivity index (χ0n) is 22.9. The average Bonchev–Trinajstić information content (AvgIpc) is 3.45. The smallest absolute Gasteiger partial charge is 0.320 e. The van der Waals surface area contributed by atoms with E-state index in [9.17, 15) is 18.0 Å². The second-order valence-corrected chi connectivity index (χ2v) is 11.8. The van der Waals surface area contributed by atoms with Crippen LogP contribution in [0.3, 0.4) is 0 Å². The maximum atomic E-state index is 14.3. The molecule has 0 bridgehead atoms. The fraction of sp³-hybridized carbons (Fsp3) is 0.500. The van der Waals surface area contributed by atoms with E-state index in [-0.39, 0.29) is 11.4 Å². The number of aryl methyl sites for hydroxylation is 1. The number of hydrogen-bond acceptors (Lipinski definition) is 4. The monoisotopic (exact) mass is 552 g/mol. The molecule has 1 aliphatic carbocycles. The third-order valence-corrected chi connectivity index (χ3v) is 8.68. The minimum Gasteiger partial charge on any atom is -0.320 e. The van der Waals surface area contributed by atoms with Crippen molar-refractivity contribution in [3.63, 3.8) is 0 Å². The normalized spacial score (nSPS) is 19.7. The van der Waals surface area contributed by atoms with Crippen molar-refractivity contribution in [2.45, 2.75) is 64.1 Å². The third-order valence-electron chi connectivity index (χ3n) is 8.68. The predicted molar refractivity (Wildman–Crippen MR) is 146 cm³/mol. The largest absolute Gasteiger partial charge is 0.418 e. The van der Waals surface area contributed by atoms with Gasteiger partial charge < -0.3 is 4.57 Å². The molecule has 2 atom stereocenters. The van der Waals surface area contributed by atoms with Gasteiger partial charge >= 0.3 is 11.9 Å². The standard InChI is InChI=1S/C30H35F3N6O/c1-20-6-5-11-37(15-20)16-22-13-26(30(31,32)33)27-18-38(29(40)39(27)17-22)24-10-4-9-23(14-24)25(12-21-7-3-8-21)28-35-34-19-36(28)2/h4,9-10,13-14,17-21,25H,3,5-8,11-12,15-16H2,1-2H3/t20-,25+/m0/s1. The van der Waals surface area contributed by atoms with Crippen LogP contribution in [0.2, 0.25) is 0 Å². The van der Waals surface area contributed by atoms with Crippen LogP contribution >= 0.6 is 0 Å². The van der Waals surface area contributed by atoms with Crippen LogP contribution in [0.4, 0.5) is 13.2 Å². The van der Waals surface area contributed by atoms with Gasteiger partial charge in [-0.2, -0.15) is 13.2 Å². The van der Waals surface area contributed by atoms with Gasteiger partial charge in [-0.05, 0) is 67.0 Å². The van der Waals surface area contributed by atoms with Gasteiger partial charge in [0.05, 0.1) is 16.8 Å². The lowest BCUT2D eigenvalue weighted by Crippen LogP contribution is -2.34. The Morgan fingerprint density at radius 1 is 1.10 bits per heavy atom. The number of halogens is 3. The Bertz CT molecular complexity index is 1560. The van der Waals surface area contributed by atoms with Gasteiger partial charge in [-0.3, -0.25) is 13.9 Å². The Kier molecular flexibility index (Phi) is 7.06. The summed E-state index contributed by atoms with van der Waals surface area (Å²) in [5, 5.41) is 8.44. The van der Waals surface area contributed by atoms with Crippen LogP contribution in [-0.4, -0.2) is 41.7 Å². The number of pyridine rings is 1. The van der Waals surface area contributed by atoms with Crippen molar-refractivity contribution < 1.29 is 13.2 Å². The summed E-state index contributed by atoms with van der Waals surface area (Å²) in [6.45, 7) is 4.24. The van der Waals surface area contributed by atoms with Gasteiger partial charge in [0.2, 0.25) is 0 Å². The lowest BCUT2D eigenvalue weighted by Gasteiger charge is -2.31. The molecule has 1 aliphatic heterocycles. The van der Waals surface area contributed by atoms with E-state index < -0.39 is 17.4 Å². The molecule has 0 amide bonds. The molecule has 3 aromatic heterocycles. The fourth-order valence-corrected chi connectivity index (χ4v) is 6.38. The SMILES string of the molecule is C[C@H]1CCCN(Cc2cc(C(F)(F)F)c3cn(-c4cccc([C@@H](CC5CCC5)c5nncn5C)c4)c(=O)n3c2)C1. The third kappa shape index (κ3) is 5.21. The minimum atomic E-state index is -4.59. The summed E-state index contributed by atoms with van der Waals surface area (Å²) in [6.07, 6.45) is 6.64. The van der Waals surface area contributed by atoms with Crippen LogP contribution in [0.25, 0.3) is 11.2 Å². The van der Waals surface area contributed by atoms with E-state index in [1.54, 1.807) is 18.6 Å². The van der Waals surface area contributed by atoms with E-state index in [0.717, 1.165) is 48.1 Å². The molecule has 4 heterocycles. The van der Waals surface area contributed by atoms with Gasteiger partial charge in [0, 0.05) is 38.4 Å². The number of benzene rings is 1. The van der Waals surface area contributed by atoms with Crippen molar-refractivity contribution in [1.29, 1.82) is 0 Å². The molecule has 6 rings (SSSR count). The highest BCUT2D eigenvalue weighted by Gasteiger charge is 2.35. The van der Waals surface area contributed by atoms with Gasteiger partial charge in [-0.15, -0.1) is 10.2 Å². The molecule has 2 aliphatic rings. The lowest BCUT2D eigenvalue weighted by molar-refractivity contribution is -0.136. The van der Waals surface area contributed by atoms with Crippen molar-refractivity contribution in [2.24, 2.45) is 18.9 Å². The summed E-state index contributed by atoms with van der Waals surface area (Å²) in [4.78, 5) is 15.8. The quantitative estimate of drug-likeness (QED) is 0.291. The second-order valence-electron chi connectivity index (χ2n) is 11.8. The molecule has 4 aromatic rings. The van der Waals surface area contributed by atoms with Gasteiger partial charge in [-0.25, -0.2) is 4.79 Å². The Balaban J connectivity index is 1.40. The van der Waals surface area contributed by atoms with Gasteiger partial charge in [0.15, 0.2) is 0 Å². The zero-order chi connectivity index (χ0) is 28.0. The van der Waals surface area contributed by atoms with E-state index in [1.165, 1.54) is 36.1 Å². The highest BCUT2D eigenvalue weighted by Crippen LogP contribution is 2.39. The molecule has 10 heteroatoms. The van der Waals surface area contributed by atoms with E-state index >= 15 is 0 Å². The summed E-state index contributed by atoms with van der Waals surface area (Å²) in [7, 11) is 1.92. The van der Waals surface area contributed by atoms with Crippen molar-refractivity contribution in [3.8, 4) is 5.69 Å². The predicted octanol–water partition coefficient (Wildman–Crippen LogP) is 5.79. The second kappa shape index (κ2) is 10.5. The number of piperidine rings is 1. The molecule has 7 nitrogen and oxygen atoms in total. The van der Waals surface area contributed by atoms with E-state index in [4.69, 9.17) is 0 Å². The minimum absolute atomic E-state index is 0.0187. The topological polar surface area (TPSA) is 60.4 Å². The number of nitrogens with zero attached hydrogens (tertiary/aromatic N) is 6. The first-order chi connectivity index (χ1) is 19.2. The van der Waals surface area contributed by atoms with E-state index in [0.29, 0.717) is 29.6 Å². The molecule has 212 valence electrons. The first-order valence-electron chi connectivity index (χ1n) is 14.2. The molecule has 2 fully saturated rings. The summed E-state index contributed by atoms with van der Waals surface area (Å²) >= 11 is 0. The summed E-state index contributed by atoms with van der Waals surface area (Å²) in [6, 6.07) is 8.74.